The maximum Gasteiger partial charge on any atom is 0.416 e. The first-order valence-electron chi connectivity index (χ1n) is 6.45. The standard InChI is InChI=1S/C13H16F3N3OS/c14-13(15,16)9-1-2-11(19-17)10(5-9)12(20)18-6-8-3-4-21-7-8/h1-2,5,8,19H,3-4,6-7,17H2,(H,18,20). The highest BCUT2D eigenvalue weighted by Gasteiger charge is 2.31. The minimum atomic E-state index is -4.50. The van der Waals surface area contributed by atoms with Gasteiger partial charge in [0.05, 0.1) is 16.8 Å². The molecule has 1 aromatic rings. The van der Waals surface area contributed by atoms with Crippen molar-refractivity contribution in [2.45, 2.75) is 12.6 Å². The molecule has 1 aromatic carbocycles. The van der Waals surface area contributed by atoms with Crippen LogP contribution in [0.5, 0.6) is 0 Å². The van der Waals surface area contributed by atoms with Crippen LogP contribution < -0.4 is 16.6 Å². The van der Waals surface area contributed by atoms with Crippen LogP contribution in [0.15, 0.2) is 18.2 Å². The molecule has 4 N–H and O–H groups in total. The van der Waals surface area contributed by atoms with E-state index >= 15 is 0 Å². The number of hydrogen-bond donors (Lipinski definition) is 3. The predicted molar refractivity (Wildman–Crippen MR) is 77.0 cm³/mol. The molecule has 0 spiro atoms. The van der Waals surface area contributed by atoms with Gasteiger partial charge in [0.1, 0.15) is 0 Å². The largest absolute Gasteiger partial charge is 0.416 e. The van der Waals surface area contributed by atoms with E-state index in [4.69, 9.17) is 5.84 Å². The van der Waals surface area contributed by atoms with Gasteiger partial charge in [-0.3, -0.25) is 10.6 Å². The van der Waals surface area contributed by atoms with Crippen molar-refractivity contribution in [3.63, 3.8) is 0 Å². The zero-order chi connectivity index (χ0) is 15.5. The molecule has 4 nitrogen and oxygen atoms in total. The number of nitrogens with one attached hydrogen (secondary N) is 2. The number of nitrogen functional groups attached to an aromatic ring is 1. The van der Waals surface area contributed by atoms with Crippen molar-refractivity contribution in [2.75, 3.05) is 23.5 Å². The summed E-state index contributed by atoms with van der Waals surface area (Å²) < 4.78 is 38.1. The fourth-order valence-corrected chi connectivity index (χ4v) is 3.40. The molecular weight excluding hydrogens is 303 g/mol. The monoisotopic (exact) mass is 319 g/mol. The number of carbonyl (C=O) groups excluding carboxylic acids is 1. The molecule has 1 amide bonds. The van der Waals surface area contributed by atoms with Crippen LogP contribution in [-0.4, -0.2) is 24.0 Å². The second-order valence-corrected chi connectivity index (χ2v) is 5.99. The molecule has 0 radical (unpaired) electrons. The maximum absolute atomic E-state index is 12.7. The summed E-state index contributed by atoms with van der Waals surface area (Å²) in [5.41, 5.74) is 1.45. The Balaban J connectivity index is 2.13. The molecule has 1 aliphatic heterocycles. The Bertz CT molecular complexity index is 516. The van der Waals surface area contributed by atoms with E-state index in [0.29, 0.717) is 12.5 Å². The molecular formula is C13H16F3N3OS. The number of rotatable bonds is 4. The number of nitrogens with two attached hydrogens (primary N) is 1. The molecule has 0 saturated carbocycles. The zero-order valence-corrected chi connectivity index (χ0v) is 12.0. The molecule has 116 valence electrons. The Labute approximate surface area is 124 Å². The molecule has 1 aliphatic rings. The summed E-state index contributed by atoms with van der Waals surface area (Å²) in [7, 11) is 0. The third kappa shape index (κ3) is 4.04. The van der Waals surface area contributed by atoms with E-state index in [1.165, 1.54) is 0 Å². The van der Waals surface area contributed by atoms with Gasteiger partial charge in [0, 0.05) is 6.54 Å². The Morgan fingerprint density at radius 2 is 2.19 bits per heavy atom. The van der Waals surface area contributed by atoms with E-state index < -0.39 is 17.6 Å². The lowest BCUT2D eigenvalue weighted by atomic mass is 10.1. The summed E-state index contributed by atoms with van der Waals surface area (Å²) in [4.78, 5) is 12.1. The molecule has 8 heteroatoms. The van der Waals surface area contributed by atoms with Gasteiger partial charge in [-0.05, 0) is 42.0 Å². The van der Waals surface area contributed by atoms with Crippen molar-refractivity contribution < 1.29 is 18.0 Å². The van der Waals surface area contributed by atoms with Crippen LogP contribution in [0.4, 0.5) is 18.9 Å². The van der Waals surface area contributed by atoms with Crippen molar-refractivity contribution in [1.29, 1.82) is 0 Å². The molecule has 1 fully saturated rings. The van der Waals surface area contributed by atoms with Gasteiger partial charge in [-0.2, -0.15) is 24.9 Å². The Morgan fingerprint density at radius 1 is 1.43 bits per heavy atom. The Morgan fingerprint density at radius 3 is 2.76 bits per heavy atom. The molecule has 1 heterocycles. The van der Waals surface area contributed by atoms with Gasteiger partial charge in [-0.15, -0.1) is 0 Å². The smallest absolute Gasteiger partial charge is 0.352 e. The van der Waals surface area contributed by atoms with Crippen LogP contribution >= 0.6 is 11.8 Å². The second kappa shape index (κ2) is 6.57. The maximum atomic E-state index is 12.7. The minimum absolute atomic E-state index is 0.0991. The van der Waals surface area contributed by atoms with Gasteiger partial charge < -0.3 is 10.7 Å². The number of alkyl halides is 3. The van der Waals surface area contributed by atoms with Gasteiger partial charge >= 0.3 is 6.18 Å². The number of thioether (sulfide) groups is 1. The summed E-state index contributed by atoms with van der Waals surface area (Å²) >= 11 is 1.81. The van der Waals surface area contributed by atoms with E-state index in [1.807, 2.05) is 11.8 Å². The minimum Gasteiger partial charge on any atom is -0.352 e. The predicted octanol–water partition coefficient (Wildman–Crippen LogP) is 2.47. The number of halogens is 3. The molecule has 0 bridgehead atoms. The fraction of sp³-hybridized carbons (Fsp3) is 0.462. The van der Waals surface area contributed by atoms with Gasteiger partial charge in [0.15, 0.2) is 0 Å². The summed E-state index contributed by atoms with van der Waals surface area (Å²) in [6, 6.07) is 2.86. The van der Waals surface area contributed by atoms with Crippen LogP contribution in [0.3, 0.4) is 0 Å². The third-order valence-corrected chi connectivity index (χ3v) is 4.55. The van der Waals surface area contributed by atoms with Gasteiger partial charge in [-0.25, -0.2) is 0 Å². The summed E-state index contributed by atoms with van der Waals surface area (Å²) in [5, 5.41) is 2.68. The third-order valence-electron chi connectivity index (χ3n) is 3.32. The van der Waals surface area contributed by atoms with E-state index in [1.54, 1.807) is 0 Å². The zero-order valence-electron chi connectivity index (χ0n) is 11.2. The van der Waals surface area contributed by atoms with Crippen LogP contribution in [0.2, 0.25) is 0 Å². The lowest BCUT2D eigenvalue weighted by Gasteiger charge is -2.14. The molecule has 0 aromatic heterocycles. The number of amides is 1. The van der Waals surface area contributed by atoms with Crippen LogP contribution in [0, 0.1) is 5.92 Å². The van der Waals surface area contributed by atoms with Crippen molar-refractivity contribution in [1.82, 2.24) is 5.32 Å². The number of hydrogen-bond acceptors (Lipinski definition) is 4. The van der Waals surface area contributed by atoms with E-state index in [0.717, 1.165) is 36.1 Å². The highest BCUT2D eigenvalue weighted by Crippen LogP contribution is 2.31. The first-order chi connectivity index (χ1) is 9.91. The number of anilines is 1. The first-order valence-corrected chi connectivity index (χ1v) is 7.61. The van der Waals surface area contributed by atoms with Gasteiger partial charge in [0.25, 0.3) is 5.91 Å². The Hall–Kier alpha value is -1.41. The highest BCUT2D eigenvalue weighted by molar-refractivity contribution is 7.99. The van der Waals surface area contributed by atoms with Crippen molar-refractivity contribution >= 4 is 23.4 Å². The summed E-state index contributed by atoms with van der Waals surface area (Å²) in [6.07, 6.45) is -3.49. The molecule has 21 heavy (non-hydrogen) atoms. The Kier molecular flexibility index (Phi) is 5.00. The second-order valence-electron chi connectivity index (χ2n) is 4.84. The number of carbonyl (C=O) groups is 1. The average molecular weight is 319 g/mol. The molecule has 1 saturated heterocycles. The fourth-order valence-electron chi connectivity index (χ4n) is 2.11. The van der Waals surface area contributed by atoms with E-state index in [9.17, 15) is 18.0 Å². The quantitative estimate of drug-likeness (QED) is 0.589. The summed E-state index contributed by atoms with van der Waals surface area (Å²) in [5.74, 6) is 7.09. The molecule has 0 aliphatic carbocycles. The first kappa shape index (κ1) is 16.0. The van der Waals surface area contributed by atoms with E-state index in [-0.39, 0.29) is 11.3 Å². The van der Waals surface area contributed by atoms with Crippen molar-refractivity contribution in [3.8, 4) is 0 Å². The number of hydrazine groups is 1. The van der Waals surface area contributed by atoms with Crippen LogP contribution in [0.25, 0.3) is 0 Å². The van der Waals surface area contributed by atoms with Crippen molar-refractivity contribution in [2.24, 2.45) is 11.8 Å². The normalized spacial score (nSPS) is 18.6. The van der Waals surface area contributed by atoms with Crippen LogP contribution in [-0.2, 0) is 6.18 Å². The lowest BCUT2D eigenvalue weighted by molar-refractivity contribution is -0.137. The van der Waals surface area contributed by atoms with Gasteiger partial charge in [-0.1, -0.05) is 0 Å². The molecule has 1 atom stereocenters. The number of benzene rings is 1. The molecule has 2 rings (SSSR count). The topological polar surface area (TPSA) is 67.1 Å². The summed E-state index contributed by atoms with van der Waals surface area (Å²) in [6.45, 7) is 0.464. The van der Waals surface area contributed by atoms with Gasteiger partial charge in [0.2, 0.25) is 0 Å². The average Bonchev–Trinajstić information content (AvgIpc) is 2.96. The lowest BCUT2D eigenvalue weighted by Crippen LogP contribution is -2.30. The molecule has 1 unspecified atom stereocenters. The SMILES string of the molecule is NNc1ccc(C(F)(F)F)cc1C(=O)NCC1CCSC1. The van der Waals surface area contributed by atoms with Crippen LogP contribution in [0.1, 0.15) is 22.3 Å². The van der Waals surface area contributed by atoms with Crippen molar-refractivity contribution in [3.05, 3.63) is 29.3 Å². The van der Waals surface area contributed by atoms with E-state index in [2.05, 4.69) is 10.7 Å². The highest BCUT2D eigenvalue weighted by atomic mass is 32.2.